The van der Waals surface area contributed by atoms with Crippen molar-refractivity contribution in [2.24, 2.45) is 0 Å². The van der Waals surface area contributed by atoms with Gasteiger partial charge in [-0.3, -0.25) is 14.4 Å². The summed E-state index contributed by atoms with van der Waals surface area (Å²) in [6.07, 6.45) is 0. The van der Waals surface area contributed by atoms with E-state index in [0.29, 0.717) is 17.1 Å². The molecule has 4 rings (SSSR count). The Balaban J connectivity index is 1.79. The fraction of sp³-hybridized carbons (Fsp3) is 0.160. The van der Waals surface area contributed by atoms with Crippen molar-refractivity contribution in [1.29, 1.82) is 0 Å². The van der Waals surface area contributed by atoms with Crippen LogP contribution in [-0.2, 0) is 4.74 Å². The normalized spacial score (nSPS) is 10.7. The summed E-state index contributed by atoms with van der Waals surface area (Å²) in [6, 6.07) is 13.0. The van der Waals surface area contributed by atoms with E-state index in [-0.39, 0.29) is 21.1 Å². The third-order valence-corrected chi connectivity index (χ3v) is 6.50. The highest BCUT2D eigenvalue weighted by molar-refractivity contribution is 7.19. The Bertz CT molecular complexity index is 1550. The highest BCUT2D eigenvalue weighted by Crippen LogP contribution is 2.26. The second-order valence-electron chi connectivity index (χ2n) is 7.86. The third-order valence-electron chi connectivity index (χ3n) is 5.46. The predicted octanol–water partition coefficient (Wildman–Crippen LogP) is 3.97. The van der Waals surface area contributed by atoms with Gasteiger partial charge in [-0.15, -0.1) is 0 Å². The van der Waals surface area contributed by atoms with Gasteiger partial charge in [-0.1, -0.05) is 29.5 Å². The number of amides is 2. The number of benzene rings is 2. The Morgan fingerprint density at radius 3 is 2.46 bits per heavy atom. The molecular formula is C25H22N4O5S. The Morgan fingerprint density at radius 2 is 1.71 bits per heavy atom. The fourth-order valence-corrected chi connectivity index (χ4v) is 4.61. The van der Waals surface area contributed by atoms with Crippen LogP contribution in [0.25, 0.3) is 4.96 Å². The summed E-state index contributed by atoms with van der Waals surface area (Å²) in [5.74, 6) is -1.80. The largest absolute Gasteiger partial charge is 0.465 e. The topological polar surface area (TPSA) is 119 Å². The number of rotatable bonds is 5. The molecule has 0 bridgehead atoms. The first kappa shape index (κ1) is 23.8. The van der Waals surface area contributed by atoms with Crippen LogP contribution in [0.15, 0.2) is 53.3 Å². The van der Waals surface area contributed by atoms with Gasteiger partial charge in [-0.2, -0.15) is 0 Å². The summed E-state index contributed by atoms with van der Waals surface area (Å²) in [6.45, 7) is 5.47. The number of esters is 1. The number of nitrogens with zero attached hydrogens (tertiary/aromatic N) is 2. The number of fused-ring (bicyclic) bond motifs is 1. The molecule has 0 saturated carbocycles. The Kier molecular flexibility index (Phi) is 6.48. The van der Waals surface area contributed by atoms with E-state index >= 15 is 0 Å². The van der Waals surface area contributed by atoms with E-state index in [2.05, 4.69) is 15.6 Å². The first-order chi connectivity index (χ1) is 16.7. The molecule has 0 aliphatic rings. The number of nitrogens with one attached hydrogen (secondary N) is 2. The van der Waals surface area contributed by atoms with Crippen molar-refractivity contribution < 1.29 is 19.1 Å². The first-order valence-corrected chi connectivity index (χ1v) is 11.4. The quantitative estimate of drug-likeness (QED) is 0.409. The number of aryl methyl sites for hydroxylation is 2. The zero-order valence-electron chi connectivity index (χ0n) is 19.5. The average molecular weight is 491 g/mol. The second-order valence-corrected chi connectivity index (χ2v) is 8.84. The molecule has 0 aliphatic carbocycles. The standard InChI is InChI=1S/C25H22N4O5S/c1-13-7-5-10-18(15(13)3)28-23(32)21-20(29-19(30)11-14(2)26-25(29)35-21)22(31)27-17-9-6-8-16(12-17)24(33)34-4/h5-12H,1-4H3,(H,27,31)(H,28,32). The van der Waals surface area contributed by atoms with Crippen LogP contribution in [-0.4, -0.2) is 34.3 Å². The highest BCUT2D eigenvalue weighted by atomic mass is 32.1. The molecule has 10 heteroatoms. The lowest BCUT2D eigenvalue weighted by Crippen LogP contribution is -2.25. The zero-order valence-corrected chi connectivity index (χ0v) is 20.3. The van der Waals surface area contributed by atoms with E-state index in [1.807, 2.05) is 26.0 Å². The van der Waals surface area contributed by atoms with Gasteiger partial charge in [0.1, 0.15) is 10.6 Å². The lowest BCUT2D eigenvalue weighted by atomic mass is 10.1. The SMILES string of the molecule is COC(=O)c1cccc(NC(=O)c2c(C(=O)Nc3cccc(C)c3C)sc3nc(C)cc(=O)n23)c1. The maximum atomic E-state index is 13.4. The molecule has 0 unspecified atom stereocenters. The van der Waals surface area contributed by atoms with Crippen molar-refractivity contribution >= 4 is 45.5 Å². The molecule has 2 amide bonds. The monoisotopic (exact) mass is 490 g/mol. The lowest BCUT2D eigenvalue weighted by molar-refractivity contribution is 0.0600. The van der Waals surface area contributed by atoms with Crippen LogP contribution in [0.1, 0.15) is 47.3 Å². The van der Waals surface area contributed by atoms with Gasteiger partial charge >= 0.3 is 5.97 Å². The second kappa shape index (κ2) is 9.51. The summed E-state index contributed by atoms with van der Waals surface area (Å²) >= 11 is 0.945. The molecule has 9 nitrogen and oxygen atoms in total. The van der Waals surface area contributed by atoms with Gasteiger partial charge in [0, 0.05) is 23.1 Å². The van der Waals surface area contributed by atoms with Gasteiger partial charge in [0.2, 0.25) is 0 Å². The van der Waals surface area contributed by atoms with Gasteiger partial charge in [0.25, 0.3) is 17.4 Å². The number of hydrogen-bond acceptors (Lipinski definition) is 7. The molecule has 2 heterocycles. The fourth-order valence-electron chi connectivity index (χ4n) is 3.54. The first-order valence-electron chi connectivity index (χ1n) is 10.6. The summed E-state index contributed by atoms with van der Waals surface area (Å²) in [4.78, 5) is 56.0. The maximum Gasteiger partial charge on any atom is 0.337 e. The molecule has 2 aromatic carbocycles. The minimum absolute atomic E-state index is 0.0303. The molecule has 0 fully saturated rings. The molecule has 0 spiro atoms. The predicted molar refractivity (Wildman–Crippen MR) is 134 cm³/mol. The van der Waals surface area contributed by atoms with E-state index in [1.165, 1.54) is 19.2 Å². The molecule has 4 aromatic rings. The van der Waals surface area contributed by atoms with E-state index < -0.39 is 23.3 Å². The molecule has 2 N–H and O–H groups in total. The van der Waals surface area contributed by atoms with Crippen LogP contribution < -0.4 is 16.2 Å². The van der Waals surface area contributed by atoms with Crippen molar-refractivity contribution in [2.45, 2.75) is 20.8 Å². The summed E-state index contributed by atoms with van der Waals surface area (Å²) < 4.78 is 5.84. The van der Waals surface area contributed by atoms with Gasteiger partial charge in [-0.05, 0) is 56.2 Å². The van der Waals surface area contributed by atoms with E-state index in [4.69, 9.17) is 4.74 Å². The van der Waals surface area contributed by atoms with Crippen LogP contribution in [0.5, 0.6) is 0 Å². The number of aromatic nitrogens is 2. The van der Waals surface area contributed by atoms with E-state index in [9.17, 15) is 19.2 Å². The average Bonchev–Trinajstić information content (AvgIpc) is 3.21. The lowest BCUT2D eigenvalue weighted by Gasteiger charge is -2.11. The van der Waals surface area contributed by atoms with Crippen LogP contribution >= 0.6 is 11.3 Å². The van der Waals surface area contributed by atoms with Crippen molar-refractivity contribution in [1.82, 2.24) is 9.38 Å². The zero-order chi connectivity index (χ0) is 25.3. The number of anilines is 2. The van der Waals surface area contributed by atoms with Crippen LogP contribution in [0.2, 0.25) is 0 Å². The number of methoxy groups -OCH3 is 1. The Morgan fingerprint density at radius 1 is 0.971 bits per heavy atom. The maximum absolute atomic E-state index is 13.4. The van der Waals surface area contributed by atoms with Crippen molar-refractivity contribution in [3.05, 3.63) is 91.8 Å². The van der Waals surface area contributed by atoms with Crippen molar-refractivity contribution in [3.63, 3.8) is 0 Å². The number of hydrogen-bond donors (Lipinski definition) is 2. The molecule has 0 atom stereocenters. The molecular weight excluding hydrogens is 468 g/mol. The molecule has 0 saturated heterocycles. The number of carbonyl (C=O) groups excluding carboxylic acids is 3. The van der Waals surface area contributed by atoms with E-state index in [1.54, 1.807) is 31.2 Å². The van der Waals surface area contributed by atoms with E-state index in [0.717, 1.165) is 26.9 Å². The van der Waals surface area contributed by atoms with Crippen LogP contribution in [0, 0.1) is 20.8 Å². The Labute approximate surface area is 204 Å². The minimum Gasteiger partial charge on any atom is -0.465 e. The summed E-state index contributed by atoms with van der Waals surface area (Å²) in [5.41, 5.74) is 2.86. The van der Waals surface area contributed by atoms with Crippen molar-refractivity contribution in [3.8, 4) is 0 Å². The number of thiazole rings is 1. The highest BCUT2D eigenvalue weighted by Gasteiger charge is 2.27. The molecule has 0 radical (unpaired) electrons. The molecule has 2 aromatic heterocycles. The number of ether oxygens (including phenoxy) is 1. The third kappa shape index (κ3) is 4.69. The summed E-state index contributed by atoms with van der Waals surface area (Å²) in [7, 11) is 1.26. The molecule has 178 valence electrons. The van der Waals surface area contributed by atoms with Crippen LogP contribution in [0.4, 0.5) is 11.4 Å². The van der Waals surface area contributed by atoms with Gasteiger partial charge < -0.3 is 15.4 Å². The van der Waals surface area contributed by atoms with Gasteiger partial charge in [0.05, 0.1) is 12.7 Å². The summed E-state index contributed by atoms with van der Waals surface area (Å²) in [5, 5.41) is 5.51. The van der Waals surface area contributed by atoms with Crippen molar-refractivity contribution in [2.75, 3.05) is 17.7 Å². The Hall–Kier alpha value is -4.31. The van der Waals surface area contributed by atoms with Gasteiger partial charge in [-0.25, -0.2) is 14.2 Å². The molecule has 0 aliphatic heterocycles. The minimum atomic E-state index is -0.697. The number of carbonyl (C=O) groups is 3. The van der Waals surface area contributed by atoms with Crippen LogP contribution in [0.3, 0.4) is 0 Å². The smallest absolute Gasteiger partial charge is 0.337 e. The van der Waals surface area contributed by atoms with Gasteiger partial charge in [0.15, 0.2) is 4.96 Å². The molecule has 35 heavy (non-hydrogen) atoms.